The molecular weight excluding hydrogens is 314 g/mol. The lowest BCUT2D eigenvalue weighted by atomic mass is 10.0. The molecule has 100 valence electrons. The Morgan fingerprint density at radius 3 is 2.89 bits per heavy atom. The van der Waals surface area contributed by atoms with Gasteiger partial charge in [0.15, 0.2) is 0 Å². The predicted octanol–water partition coefficient (Wildman–Crippen LogP) is 3.19. The highest BCUT2D eigenvalue weighted by atomic mass is 79.9. The summed E-state index contributed by atoms with van der Waals surface area (Å²) in [6, 6.07) is 3.88. The molecule has 1 amide bonds. The third kappa shape index (κ3) is 5.80. The Morgan fingerprint density at radius 1 is 1.61 bits per heavy atom. The van der Waals surface area contributed by atoms with E-state index in [-0.39, 0.29) is 12.5 Å². The molecule has 1 aromatic heterocycles. The number of nitrogens with one attached hydrogen (secondary N) is 1. The van der Waals surface area contributed by atoms with Gasteiger partial charge in [-0.05, 0) is 47.5 Å². The SMILES string of the molecule is CCCC(C)(O)CNC(=O)/C=C/c1ccc(Br)s1. The van der Waals surface area contributed by atoms with Gasteiger partial charge in [-0.15, -0.1) is 11.3 Å². The Balaban J connectivity index is 2.40. The lowest BCUT2D eigenvalue weighted by Crippen LogP contribution is -2.39. The highest BCUT2D eigenvalue weighted by Crippen LogP contribution is 2.22. The van der Waals surface area contributed by atoms with Crippen molar-refractivity contribution in [3.8, 4) is 0 Å². The van der Waals surface area contributed by atoms with Gasteiger partial charge in [0.1, 0.15) is 0 Å². The minimum absolute atomic E-state index is 0.184. The monoisotopic (exact) mass is 331 g/mol. The smallest absolute Gasteiger partial charge is 0.244 e. The topological polar surface area (TPSA) is 49.3 Å². The first-order valence-electron chi connectivity index (χ1n) is 5.86. The van der Waals surface area contributed by atoms with Crippen LogP contribution < -0.4 is 5.32 Å². The first-order valence-corrected chi connectivity index (χ1v) is 7.47. The Labute approximate surface area is 120 Å². The van der Waals surface area contributed by atoms with E-state index in [1.54, 1.807) is 24.3 Å². The average molecular weight is 332 g/mol. The fourth-order valence-corrected chi connectivity index (χ4v) is 2.87. The summed E-state index contributed by atoms with van der Waals surface area (Å²) in [5, 5.41) is 12.6. The van der Waals surface area contributed by atoms with Crippen LogP contribution in [0.3, 0.4) is 0 Å². The van der Waals surface area contributed by atoms with Crippen LogP contribution in [-0.4, -0.2) is 23.2 Å². The lowest BCUT2D eigenvalue weighted by molar-refractivity contribution is -0.117. The molecule has 0 radical (unpaired) electrons. The molecule has 1 unspecified atom stereocenters. The molecule has 18 heavy (non-hydrogen) atoms. The summed E-state index contributed by atoms with van der Waals surface area (Å²) in [4.78, 5) is 12.6. The number of amides is 1. The van der Waals surface area contributed by atoms with Crippen LogP contribution in [0.2, 0.25) is 0 Å². The first-order chi connectivity index (χ1) is 8.43. The Hall–Kier alpha value is -0.650. The van der Waals surface area contributed by atoms with Gasteiger partial charge in [-0.3, -0.25) is 4.79 Å². The van der Waals surface area contributed by atoms with E-state index < -0.39 is 5.60 Å². The number of hydrogen-bond acceptors (Lipinski definition) is 3. The van der Waals surface area contributed by atoms with Gasteiger partial charge in [0.25, 0.3) is 0 Å². The van der Waals surface area contributed by atoms with Crippen molar-refractivity contribution < 1.29 is 9.90 Å². The summed E-state index contributed by atoms with van der Waals surface area (Å²) in [6.07, 6.45) is 4.82. The van der Waals surface area contributed by atoms with Gasteiger partial charge in [0, 0.05) is 17.5 Å². The summed E-state index contributed by atoms with van der Waals surface area (Å²) in [5.41, 5.74) is -0.829. The van der Waals surface area contributed by atoms with Crippen molar-refractivity contribution in [3.05, 3.63) is 26.9 Å². The van der Waals surface area contributed by atoms with Crippen LogP contribution in [-0.2, 0) is 4.79 Å². The molecule has 0 saturated heterocycles. The molecule has 0 spiro atoms. The van der Waals surface area contributed by atoms with Crippen LogP contribution in [0, 0.1) is 0 Å². The molecule has 0 aromatic carbocycles. The standard InChI is InChI=1S/C13H18BrNO2S/c1-3-8-13(2,17)9-15-12(16)7-5-10-4-6-11(14)18-10/h4-7,17H,3,8-9H2,1-2H3,(H,15,16)/b7-5+. The number of halogens is 1. The largest absolute Gasteiger partial charge is 0.388 e. The van der Waals surface area contributed by atoms with Crippen LogP contribution in [0.4, 0.5) is 0 Å². The van der Waals surface area contributed by atoms with Gasteiger partial charge in [0.05, 0.1) is 9.39 Å². The zero-order valence-electron chi connectivity index (χ0n) is 10.6. The summed E-state index contributed by atoms with van der Waals surface area (Å²) in [5.74, 6) is -0.184. The Bertz CT molecular complexity index is 426. The van der Waals surface area contributed by atoms with Crippen LogP contribution in [0.25, 0.3) is 6.08 Å². The van der Waals surface area contributed by atoms with Crippen LogP contribution in [0.1, 0.15) is 31.6 Å². The number of aliphatic hydroxyl groups is 1. The van der Waals surface area contributed by atoms with E-state index in [0.717, 1.165) is 15.1 Å². The molecule has 3 nitrogen and oxygen atoms in total. The summed E-state index contributed by atoms with van der Waals surface area (Å²) in [7, 11) is 0. The van der Waals surface area contributed by atoms with Gasteiger partial charge in [0.2, 0.25) is 5.91 Å². The molecular formula is C13H18BrNO2S. The minimum Gasteiger partial charge on any atom is -0.388 e. The number of rotatable bonds is 6. The summed E-state index contributed by atoms with van der Waals surface area (Å²) >= 11 is 4.93. The lowest BCUT2D eigenvalue weighted by Gasteiger charge is -2.22. The fraction of sp³-hybridized carbons (Fsp3) is 0.462. The van der Waals surface area contributed by atoms with E-state index in [1.807, 2.05) is 19.1 Å². The first kappa shape index (κ1) is 15.4. The van der Waals surface area contributed by atoms with Crippen molar-refractivity contribution in [2.24, 2.45) is 0 Å². The quantitative estimate of drug-likeness (QED) is 0.786. The van der Waals surface area contributed by atoms with E-state index in [4.69, 9.17) is 0 Å². The number of thiophene rings is 1. The fourth-order valence-electron chi connectivity index (χ4n) is 1.54. The highest BCUT2D eigenvalue weighted by Gasteiger charge is 2.19. The molecule has 1 rings (SSSR count). The normalized spacial score (nSPS) is 14.7. The third-order valence-corrected chi connectivity index (χ3v) is 4.01. The van der Waals surface area contributed by atoms with E-state index in [9.17, 15) is 9.90 Å². The maximum absolute atomic E-state index is 11.6. The Morgan fingerprint density at radius 2 is 2.33 bits per heavy atom. The van der Waals surface area contributed by atoms with Crippen LogP contribution in [0.15, 0.2) is 22.0 Å². The highest BCUT2D eigenvalue weighted by molar-refractivity contribution is 9.11. The molecule has 5 heteroatoms. The summed E-state index contributed by atoms with van der Waals surface area (Å²) < 4.78 is 1.04. The van der Waals surface area contributed by atoms with Crippen molar-refractivity contribution in [2.45, 2.75) is 32.3 Å². The Kier molecular flexibility index (Phi) is 6.05. The number of carbonyl (C=O) groups is 1. The molecule has 0 aliphatic carbocycles. The van der Waals surface area contributed by atoms with Gasteiger partial charge in [-0.25, -0.2) is 0 Å². The van der Waals surface area contributed by atoms with Crippen LogP contribution >= 0.6 is 27.3 Å². The maximum atomic E-state index is 11.6. The average Bonchev–Trinajstić information content (AvgIpc) is 2.70. The zero-order chi connectivity index (χ0) is 13.6. The van der Waals surface area contributed by atoms with E-state index in [0.29, 0.717) is 6.42 Å². The minimum atomic E-state index is -0.829. The molecule has 0 aliphatic rings. The predicted molar refractivity (Wildman–Crippen MR) is 79.6 cm³/mol. The van der Waals surface area contributed by atoms with E-state index >= 15 is 0 Å². The van der Waals surface area contributed by atoms with Crippen molar-refractivity contribution >= 4 is 39.2 Å². The van der Waals surface area contributed by atoms with Crippen molar-refractivity contribution in [1.29, 1.82) is 0 Å². The van der Waals surface area contributed by atoms with Crippen molar-refractivity contribution in [1.82, 2.24) is 5.32 Å². The molecule has 1 atom stereocenters. The molecule has 0 bridgehead atoms. The molecule has 1 heterocycles. The van der Waals surface area contributed by atoms with Crippen LogP contribution in [0.5, 0.6) is 0 Å². The van der Waals surface area contributed by atoms with E-state index in [1.165, 1.54) is 6.08 Å². The molecule has 0 aliphatic heterocycles. The second-order valence-corrected chi connectivity index (χ2v) is 6.93. The molecule has 0 saturated carbocycles. The molecule has 2 N–H and O–H groups in total. The van der Waals surface area contributed by atoms with Gasteiger partial charge in [-0.2, -0.15) is 0 Å². The maximum Gasteiger partial charge on any atom is 0.244 e. The number of carbonyl (C=O) groups excluding carboxylic acids is 1. The third-order valence-electron chi connectivity index (χ3n) is 2.42. The second-order valence-electron chi connectivity index (χ2n) is 4.44. The zero-order valence-corrected chi connectivity index (χ0v) is 13.0. The van der Waals surface area contributed by atoms with Crippen molar-refractivity contribution in [3.63, 3.8) is 0 Å². The summed E-state index contributed by atoms with van der Waals surface area (Å²) in [6.45, 7) is 4.01. The molecule has 0 fully saturated rings. The van der Waals surface area contributed by atoms with Crippen molar-refractivity contribution in [2.75, 3.05) is 6.54 Å². The molecule has 1 aromatic rings. The second kappa shape index (κ2) is 7.07. The van der Waals surface area contributed by atoms with E-state index in [2.05, 4.69) is 21.2 Å². The van der Waals surface area contributed by atoms with Gasteiger partial charge >= 0.3 is 0 Å². The number of hydrogen-bond donors (Lipinski definition) is 2. The van der Waals surface area contributed by atoms with Gasteiger partial charge in [-0.1, -0.05) is 13.3 Å². The van der Waals surface area contributed by atoms with Gasteiger partial charge < -0.3 is 10.4 Å².